The maximum Gasteiger partial charge on any atom is 0.136 e. The number of rotatable bonds is 5. The van der Waals surface area contributed by atoms with Crippen LogP contribution in [0.5, 0.6) is 5.75 Å². The third-order valence-corrected chi connectivity index (χ3v) is 4.47. The zero-order valence-electron chi connectivity index (χ0n) is 13.0. The second kappa shape index (κ2) is 5.90. The van der Waals surface area contributed by atoms with Gasteiger partial charge in [0.15, 0.2) is 0 Å². The summed E-state index contributed by atoms with van der Waals surface area (Å²) >= 11 is 0. The van der Waals surface area contributed by atoms with Crippen LogP contribution in [0.2, 0.25) is 0 Å². The molecule has 0 fully saturated rings. The second-order valence-corrected chi connectivity index (χ2v) is 6.16. The SMILES string of the molecule is CCC[N+]1(C)CCc2cc(OCc3ccccc3)ccc21. The van der Waals surface area contributed by atoms with Gasteiger partial charge in [-0.2, -0.15) is 0 Å². The molecule has 0 aliphatic carbocycles. The van der Waals surface area contributed by atoms with Crippen LogP contribution in [0.4, 0.5) is 5.69 Å². The molecule has 1 aliphatic rings. The van der Waals surface area contributed by atoms with Crippen LogP contribution in [-0.4, -0.2) is 20.1 Å². The zero-order chi connectivity index (χ0) is 14.7. The predicted molar refractivity (Wildman–Crippen MR) is 88.7 cm³/mol. The molecule has 0 spiro atoms. The van der Waals surface area contributed by atoms with Gasteiger partial charge in [-0.25, -0.2) is 0 Å². The Hall–Kier alpha value is -1.80. The van der Waals surface area contributed by atoms with E-state index >= 15 is 0 Å². The molecule has 3 rings (SSSR count). The van der Waals surface area contributed by atoms with Gasteiger partial charge >= 0.3 is 0 Å². The lowest BCUT2D eigenvalue weighted by molar-refractivity contribution is 0.306. The summed E-state index contributed by atoms with van der Waals surface area (Å²) in [5.74, 6) is 0.988. The molecule has 0 N–H and O–H groups in total. The Morgan fingerprint density at radius 1 is 1.10 bits per heavy atom. The highest BCUT2D eigenvalue weighted by atomic mass is 16.5. The van der Waals surface area contributed by atoms with E-state index in [2.05, 4.69) is 56.4 Å². The summed E-state index contributed by atoms with van der Waals surface area (Å²) in [6, 6.07) is 17.0. The number of quaternary nitrogens is 1. The molecule has 0 radical (unpaired) electrons. The third-order valence-electron chi connectivity index (χ3n) is 4.47. The molecule has 2 heteroatoms. The fourth-order valence-electron chi connectivity index (χ4n) is 3.33. The van der Waals surface area contributed by atoms with Crippen LogP contribution in [-0.2, 0) is 13.0 Å². The van der Waals surface area contributed by atoms with Gasteiger partial charge in [0.1, 0.15) is 18.0 Å². The molecule has 0 saturated heterocycles. The van der Waals surface area contributed by atoms with E-state index in [9.17, 15) is 0 Å². The van der Waals surface area contributed by atoms with Crippen molar-refractivity contribution >= 4 is 5.69 Å². The molecule has 1 unspecified atom stereocenters. The molecule has 2 aromatic carbocycles. The van der Waals surface area contributed by atoms with Crippen molar-refractivity contribution in [1.29, 1.82) is 0 Å². The van der Waals surface area contributed by atoms with Crippen LogP contribution in [0.15, 0.2) is 48.5 Å². The van der Waals surface area contributed by atoms with Crippen molar-refractivity contribution in [3.63, 3.8) is 0 Å². The topological polar surface area (TPSA) is 9.23 Å². The van der Waals surface area contributed by atoms with Crippen molar-refractivity contribution in [3.8, 4) is 5.75 Å². The number of likely N-dealkylation sites (N-methyl/N-ethyl adjacent to an activating group) is 1. The maximum atomic E-state index is 5.94. The number of nitrogens with zero attached hydrogens (tertiary/aromatic N) is 1. The van der Waals surface area contributed by atoms with Crippen molar-refractivity contribution in [2.45, 2.75) is 26.4 Å². The summed E-state index contributed by atoms with van der Waals surface area (Å²) in [4.78, 5) is 0. The fraction of sp³-hybridized carbons (Fsp3) is 0.368. The Labute approximate surface area is 127 Å². The van der Waals surface area contributed by atoms with Crippen LogP contribution >= 0.6 is 0 Å². The normalized spacial score (nSPS) is 20.3. The molecule has 1 heterocycles. The quantitative estimate of drug-likeness (QED) is 0.748. The van der Waals surface area contributed by atoms with Gasteiger partial charge < -0.3 is 4.74 Å². The highest BCUT2D eigenvalue weighted by Crippen LogP contribution is 2.36. The molecule has 21 heavy (non-hydrogen) atoms. The van der Waals surface area contributed by atoms with Gasteiger partial charge in [-0.1, -0.05) is 37.3 Å². The van der Waals surface area contributed by atoms with Crippen LogP contribution in [0.3, 0.4) is 0 Å². The molecule has 110 valence electrons. The molecule has 0 bridgehead atoms. The summed E-state index contributed by atoms with van der Waals surface area (Å²) in [6.07, 6.45) is 2.39. The predicted octanol–water partition coefficient (Wildman–Crippen LogP) is 4.17. The number of benzene rings is 2. The van der Waals surface area contributed by atoms with Crippen molar-refractivity contribution < 1.29 is 4.74 Å². The number of hydrogen-bond donors (Lipinski definition) is 0. The van der Waals surface area contributed by atoms with Crippen molar-refractivity contribution in [2.75, 3.05) is 20.1 Å². The summed E-state index contributed by atoms with van der Waals surface area (Å²) in [5.41, 5.74) is 4.14. The highest BCUT2D eigenvalue weighted by molar-refractivity contribution is 5.57. The molecule has 1 atom stereocenters. The van der Waals surface area contributed by atoms with E-state index in [0.29, 0.717) is 6.61 Å². The standard InChI is InChI=1S/C19H24NO/c1-3-12-20(2)13-11-17-14-18(9-10-19(17)20)21-15-16-7-5-4-6-8-16/h4-10,14H,3,11-13,15H2,1-2H3/q+1. The molecular formula is C19H24NO+. The Bertz CT molecular complexity index is 608. The Balaban J connectivity index is 1.73. The number of ether oxygens (including phenoxy) is 1. The lowest BCUT2D eigenvalue weighted by Gasteiger charge is -2.29. The largest absolute Gasteiger partial charge is 0.489 e. The van der Waals surface area contributed by atoms with E-state index in [1.807, 2.05) is 6.07 Å². The lowest BCUT2D eigenvalue weighted by Crippen LogP contribution is -2.43. The molecule has 0 aromatic heterocycles. The monoisotopic (exact) mass is 282 g/mol. The first-order valence-electron chi connectivity index (χ1n) is 7.86. The van der Waals surface area contributed by atoms with E-state index in [0.717, 1.165) is 16.7 Å². The van der Waals surface area contributed by atoms with Crippen LogP contribution in [0, 0.1) is 0 Å². The van der Waals surface area contributed by atoms with Crippen molar-refractivity contribution in [3.05, 3.63) is 59.7 Å². The van der Waals surface area contributed by atoms with Gasteiger partial charge in [0.2, 0.25) is 0 Å². The Kier molecular flexibility index (Phi) is 3.98. The molecular weight excluding hydrogens is 258 g/mol. The molecule has 2 nitrogen and oxygen atoms in total. The summed E-state index contributed by atoms with van der Waals surface area (Å²) in [5, 5.41) is 0. The average molecular weight is 282 g/mol. The number of fused-ring (bicyclic) bond motifs is 1. The van der Waals surface area contributed by atoms with E-state index in [4.69, 9.17) is 4.74 Å². The third kappa shape index (κ3) is 2.96. The Morgan fingerprint density at radius 2 is 1.90 bits per heavy atom. The van der Waals surface area contributed by atoms with Gasteiger partial charge in [-0.3, -0.25) is 4.48 Å². The van der Waals surface area contributed by atoms with Gasteiger partial charge in [-0.05, 0) is 24.1 Å². The first-order chi connectivity index (χ1) is 10.2. The van der Waals surface area contributed by atoms with E-state index in [-0.39, 0.29) is 0 Å². The second-order valence-electron chi connectivity index (χ2n) is 6.16. The maximum absolute atomic E-state index is 5.94. The molecule has 0 saturated carbocycles. The Morgan fingerprint density at radius 3 is 2.67 bits per heavy atom. The van der Waals surface area contributed by atoms with Crippen LogP contribution < -0.4 is 9.22 Å². The van der Waals surface area contributed by atoms with Crippen molar-refractivity contribution in [2.24, 2.45) is 0 Å². The highest BCUT2D eigenvalue weighted by Gasteiger charge is 2.33. The van der Waals surface area contributed by atoms with Crippen LogP contribution in [0.25, 0.3) is 0 Å². The minimum absolute atomic E-state index is 0.640. The fourth-order valence-corrected chi connectivity index (χ4v) is 3.33. The zero-order valence-corrected chi connectivity index (χ0v) is 13.0. The lowest BCUT2D eigenvalue weighted by atomic mass is 10.1. The summed E-state index contributed by atoms with van der Waals surface area (Å²) in [6.45, 7) is 5.34. The van der Waals surface area contributed by atoms with Gasteiger partial charge in [0.25, 0.3) is 0 Å². The number of hydrogen-bond acceptors (Lipinski definition) is 1. The van der Waals surface area contributed by atoms with E-state index < -0.39 is 0 Å². The molecule has 0 amide bonds. The van der Waals surface area contributed by atoms with Gasteiger partial charge in [-0.15, -0.1) is 0 Å². The minimum Gasteiger partial charge on any atom is -0.489 e. The minimum atomic E-state index is 0.640. The van der Waals surface area contributed by atoms with E-state index in [1.54, 1.807) is 0 Å². The van der Waals surface area contributed by atoms with Crippen molar-refractivity contribution in [1.82, 2.24) is 4.48 Å². The molecule has 2 aromatic rings. The molecule has 1 aliphatic heterocycles. The smallest absolute Gasteiger partial charge is 0.136 e. The van der Waals surface area contributed by atoms with Crippen LogP contribution in [0.1, 0.15) is 24.5 Å². The average Bonchev–Trinajstić information content (AvgIpc) is 2.83. The first kappa shape index (κ1) is 14.2. The van der Waals surface area contributed by atoms with E-state index in [1.165, 1.54) is 36.3 Å². The first-order valence-corrected chi connectivity index (χ1v) is 7.86. The van der Waals surface area contributed by atoms with Gasteiger partial charge in [0, 0.05) is 18.1 Å². The summed E-state index contributed by atoms with van der Waals surface area (Å²) < 4.78 is 7.01. The van der Waals surface area contributed by atoms with Gasteiger partial charge in [0.05, 0.1) is 20.1 Å². The summed E-state index contributed by atoms with van der Waals surface area (Å²) in [7, 11) is 2.35.